The van der Waals surface area contributed by atoms with Gasteiger partial charge in [-0.3, -0.25) is 9.56 Å². The normalized spacial score (nSPS) is 20.1. The van der Waals surface area contributed by atoms with Gasteiger partial charge in [-0.05, 0) is 50.7 Å². The summed E-state index contributed by atoms with van der Waals surface area (Å²) in [4.78, 5) is 15.6. The van der Waals surface area contributed by atoms with Crippen molar-refractivity contribution >= 4 is 29.9 Å². The van der Waals surface area contributed by atoms with Gasteiger partial charge in [0.1, 0.15) is 11.6 Å². The maximum atomic E-state index is 6.14. The summed E-state index contributed by atoms with van der Waals surface area (Å²) >= 11 is 0. The lowest BCUT2D eigenvalue weighted by molar-refractivity contribution is -0.0721. The minimum Gasteiger partial charge on any atom is -0.376 e. The van der Waals surface area contributed by atoms with Crippen molar-refractivity contribution in [1.82, 2.24) is 24.8 Å². The van der Waals surface area contributed by atoms with Crippen LogP contribution in [0.1, 0.15) is 43.5 Å². The number of halogens is 1. The Kier molecular flexibility index (Phi) is 9.73. The van der Waals surface area contributed by atoms with Gasteiger partial charge in [0, 0.05) is 51.9 Å². The van der Waals surface area contributed by atoms with Crippen LogP contribution < -0.4 is 5.32 Å². The van der Waals surface area contributed by atoms with Gasteiger partial charge in [-0.25, -0.2) is 9.97 Å². The number of guanidine groups is 1. The molecule has 32 heavy (non-hydrogen) atoms. The first-order valence-corrected chi connectivity index (χ1v) is 11.4. The van der Waals surface area contributed by atoms with E-state index in [-0.39, 0.29) is 24.0 Å². The zero-order chi connectivity index (χ0) is 21.5. The summed E-state index contributed by atoms with van der Waals surface area (Å²) in [6, 6.07) is 4.11. The number of hydrogen-bond acceptors (Lipinski definition) is 5. The molecule has 2 aliphatic rings. The molecular weight excluding hydrogens is 519 g/mol. The smallest absolute Gasteiger partial charge is 0.193 e. The highest BCUT2D eigenvalue weighted by Gasteiger charge is 2.23. The molecule has 4 heterocycles. The predicted molar refractivity (Wildman–Crippen MR) is 136 cm³/mol. The van der Waals surface area contributed by atoms with Gasteiger partial charge in [-0.15, -0.1) is 24.0 Å². The standard InChI is InChI=1S/C23H34N6O2.HI/c1-18-25-10-13-29(18)22-7-6-19(15-26-22)16-27-23(24-2)28-11-8-20(9-12-28)31-17-21-5-3-4-14-30-21;/h6-7,10,13,15,20-21H,3-5,8-9,11-12,14,16-17H2,1-2H3,(H,24,27);1H. The van der Waals surface area contributed by atoms with Crippen LogP contribution in [0.4, 0.5) is 0 Å². The van der Waals surface area contributed by atoms with Gasteiger partial charge in [0.05, 0.1) is 18.8 Å². The Bertz CT molecular complexity index is 842. The second kappa shape index (κ2) is 12.5. The first-order chi connectivity index (χ1) is 15.2. The van der Waals surface area contributed by atoms with Crippen molar-refractivity contribution in [2.45, 2.75) is 57.8 Å². The van der Waals surface area contributed by atoms with Crippen LogP contribution in [-0.2, 0) is 16.0 Å². The number of rotatable bonds is 6. The van der Waals surface area contributed by atoms with E-state index in [1.54, 1.807) is 6.20 Å². The maximum absolute atomic E-state index is 6.14. The van der Waals surface area contributed by atoms with Crippen molar-refractivity contribution in [3.8, 4) is 5.82 Å². The number of aromatic nitrogens is 3. The number of piperidine rings is 1. The number of nitrogens with one attached hydrogen (secondary N) is 1. The largest absolute Gasteiger partial charge is 0.376 e. The second-order valence-electron chi connectivity index (χ2n) is 8.28. The molecule has 176 valence electrons. The molecule has 9 heteroatoms. The molecule has 0 aromatic carbocycles. The molecule has 1 atom stereocenters. The maximum Gasteiger partial charge on any atom is 0.193 e. The molecule has 0 radical (unpaired) electrons. The Hall–Kier alpha value is -1.72. The molecular formula is C23H35IN6O2. The SMILES string of the molecule is CN=C(NCc1ccc(-n2ccnc2C)nc1)N1CCC(OCC2CCCCO2)CC1.I. The Morgan fingerprint density at radius 3 is 2.69 bits per heavy atom. The molecule has 2 aromatic heterocycles. The third-order valence-corrected chi connectivity index (χ3v) is 6.08. The molecule has 1 unspecified atom stereocenters. The van der Waals surface area contributed by atoms with Crippen molar-refractivity contribution < 1.29 is 9.47 Å². The van der Waals surface area contributed by atoms with E-state index >= 15 is 0 Å². The molecule has 2 aliphatic heterocycles. The minimum absolute atomic E-state index is 0. The highest BCUT2D eigenvalue weighted by atomic mass is 127. The Morgan fingerprint density at radius 2 is 2.06 bits per heavy atom. The highest BCUT2D eigenvalue weighted by Crippen LogP contribution is 2.18. The van der Waals surface area contributed by atoms with E-state index in [4.69, 9.17) is 9.47 Å². The molecule has 8 nitrogen and oxygen atoms in total. The third-order valence-electron chi connectivity index (χ3n) is 6.08. The number of nitrogens with zero attached hydrogens (tertiary/aromatic N) is 5. The zero-order valence-corrected chi connectivity index (χ0v) is 21.4. The molecule has 0 spiro atoms. The van der Waals surface area contributed by atoms with Gasteiger partial charge >= 0.3 is 0 Å². The number of hydrogen-bond donors (Lipinski definition) is 1. The van der Waals surface area contributed by atoms with Crippen LogP contribution in [-0.4, -0.2) is 71.0 Å². The molecule has 4 rings (SSSR count). The Balaban J connectivity index is 0.00000289. The van der Waals surface area contributed by atoms with E-state index in [0.29, 0.717) is 18.8 Å². The number of imidazole rings is 1. The van der Waals surface area contributed by atoms with Gasteiger partial charge in [0.25, 0.3) is 0 Å². The molecule has 2 fully saturated rings. The van der Waals surface area contributed by atoms with Crippen LogP contribution in [0.3, 0.4) is 0 Å². The van der Waals surface area contributed by atoms with Gasteiger partial charge in [0.15, 0.2) is 5.96 Å². The van der Waals surface area contributed by atoms with Crippen molar-refractivity contribution in [3.05, 3.63) is 42.1 Å². The molecule has 0 amide bonds. The number of likely N-dealkylation sites (tertiary alicyclic amines) is 1. The van der Waals surface area contributed by atoms with Gasteiger partial charge in [-0.2, -0.15) is 0 Å². The van der Waals surface area contributed by atoms with Crippen LogP contribution >= 0.6 is 24.0 Å². The fourth-order valence-corrected chi connectivity index (χ4v) is 4.21. The fraction of sp³-hybridized carbons (Fsp3) is 0.609. The number of aliphatic imine (C=N–C) groups is 1. The third kappa shape index (κ3) is 6.64. The van der Waals surface area contributed by atoms with E-state index in [0.717, 1.165) is 68.7 Å². The summed E-state index contributed by atoms with van der Waals surface area (Å²) in [5.41, 5.74) is 1.12. The quantitative estimate of drug-likeness (QED) is 0.336. The van der Waals surface area contributed by atoms with E-state index in [9.17, 15) is 0 Å². The van der Waals surface area contributed by atoms with Crippen LogP contribution in [0, 0.1) is 6.92 Å². The van der Waals surface area contributed by atoms with Crippen molar-refractivity contribution in [3.63, 3.8) is 0 Å². The van der Waals surface area contributed by atoms with E-state index < -0.39 is 0 Å². The van der Waals surface area contributed by atoms with E-state index in [1.807, 2.05) is 37.0 Å². The van der Waals surface area contributed by atoms with Crippen LogP contribution in [0.2, 0.25) is 0 Å². The first-order valence-electron chi connectivity index (χ1n) is 11.4. The number of ether oxygens (including phenoxy) is 2. The summed E-state index contributed by atoms with van der Waals surface area (Å²) in [7, 11) is 1.84. The summed E-state index contributed by atoms with van der Waals surface area (Å²) in [5.74, 6) is 2.74. The monoisotopic (exact) mass is 554 g/mol. The van der Waals surface area contributed by atoms with Crippen LogP contribution in [0.15, 0.2) is 35.7 Å². The fourth-order valence-electron chi connectivity index (χ4n) is 4.21. The lowest BCUT2D eigenvalue weighted by atomic mass is 10.1. The van der Waals surface area contributed by atoms with Crippen molar-refractivity contribution in [2.24, 2.45) is 4.99 Å². The zero-order valence-electron chi connectivity index (χ0n) is 19.1. The molecule has 1 N–H and O–H groups in total. The summed E-state index contributed by atoms with van der Waals surface area (Å²) in [6.07, 6.45) is 11.8. The lowest BCUT2D eigenvalue weighted by Crippen LogP contribution is -2.47. The highest BCUT2D eigenvalue weighted by molar-refractivity contribution is 14.0. The molecule has 2 aromatic rings. The summed E-state index contributed by atoms with van der Waals surface area (Å²) in [6.45, 7) is 6.19. The Morgan fingerprint density at radius 1 is 1.22 bits per heavy atom. The summed E-state index contributed by atoms with van der Waals surface area (Å²) < 4.78 is 13.9. The van der Waals surface area contributed by atoms with Crippen LogP contribution in [0.5, 0.6) is 0 Å². The van der Waals surface area contributed by atoms with Gasteiger partial charge in [-0.1, -0.05) is 6.07 Å². The second-order valence-corrected chi connectivity index (χ2v) is 8.28. The first kappa shape index (κ1) is 24.9. The number of aryl methyl sites for hydroxylation is 1. The molecule has 0 saturated carbocycles. The number of pyridine rings is 1. The van der Waals surface area contributed by atoms with E-state index in [1.165, 1.54) is 12.8 Å². The van der Waals surface area contributed by atoms with Crippen molar-refractivity contribution in [1.29, 1.82) is 0 Å². The molecule has 2 saturated heterocycles. The Labute approximate surface area is 207 Å². The molecule has 0 bridgehead atoms. The minimum atomic E-state index is 0. The van der Waals surface area contributed by atoms with Crippen LogP contribution in [0.25, 0.3) is 5.82 Å². The van der Waals surface area contributed by atoms with Gasteiger partial charge in [0.2, 0.25) is 0 Å². The topological polar surface area (TPSA) is 76.8 Å². The van der Waals surface area contributed by atoms with Crippen molar-refractivity contribution in [2.75, 3.05) is 33.4 Å². The average Bonchev–Trinajstić information content (AvgIpc) is 3.26. The average molecular weight is 554 g/mol. The van der Waals surface area contributed by atoms with Gasteiger partial charge < -0.3 is 19.7 Å². The molecule has 0 aliphatic carbocycles. The summed E-state index contributed by atoms with van der Waals surface area (Å²) in [5, 5.41) is 3.48. The predicted octanol–water partition coefficient (Wildman–Crippen LogP) is 3.32. The van der Waals surface area contributed by atoms with E-state index in [2.05, 4.69) is 31.2 Å². The lowest BCUT2D eigenvalue weighted by Gasteiger charge is -2.35.